The van der Waals surface area contributed by atoms with Gasteiger partial charge in [0.05, 0.1) is 17.3 Å². The second-order valence-electron chi connectivity index (χ2n) is 13.7. The molecule has 0 bridgehead atoms. The number of hydrogen-bond acceptors (Lipinski definition) is 5. The molecule has 3 aromatic carbocycles. The molecule has 226 valence electrons. The minimum Gasteiger partial charge on any atom is -0.460 e. The summed E-state index contributed by atoms with van der Waals surface area (Å²) in [6, 6.07) is 26.8. The number of esters is 1. The Morgan fingerprint density at radius 2 is 1.40 bits per heavy atom. The minimum atomic E-state index is -0.605. The van der Waals surface area contributed by atoms with Gasteiger partial charge < -0.3 is 14.4 Å². The van der Waals surface area contributed by atoms with Crippen molar-refractivity contribution in [2.24, 2.45) is 16.8 Å². The van der Waals surface area contributed by atoms with Gasteiger partial charge in [-0.1, -0.05) is 72.8 Å². The van der Waals surface area contributed by atoms with E-state index in [2.05, 4.69) is 42.5 Å². The van der Waals surface area contributed by atoms with Gasteiger partial charge in [-0.15, -0.1) is 0 Å². The Balaban J connectivity index is 1.50. The number of rotatable bonds is 6. The SMILES string of the molecule is CC(C)(C)OC(=O)C(C1CCc2c(N=C(c3ccccc3)c3ccccc3)cccc21)[C@H]1CCN(C(=O)OC(C)(C)C)C1. The zero-order valence-electron chi connectivity index (χ0n) is 26.3. The molecule has 0 spiro atoms. The third-order valence-corrected chi connectivity index (χ3v) is 8.12. The standard InChI is InChI=1S/C37H44N2O4/c1-36(2,3)42-34(40)32(27-22-23-39(24-27)35(41)43-37(4,5)6)30-21-20-29-28(30)18-13-19-31(29)38-33(25-14-9-7-10-15-25)26-16-11-8-12-17-26/h7-19,27,30,32H,20-24H2,1-6H3/t27-,30?,32?/m0/s1. The van der Waals surface area contributed by atoms with Crippen molar-refractivity contribution >= 4 is 23.5 Å². The molecule has 6 nitrogen and oxygen atoms in total. The van der Waals surface area contributed by atoms with E-state index in [0.717, 1.165) is 47.4 Å². The molecule has 3 atom stereocenters. The van der Waals surface area contributed by atoms with Crippen molar-refractivity contribution < 1.29 is 19.1 Å². The van der Waals surface area contributed by atoms with E-state index < -0.39 is 11.2 Å². The Kier molecular flexibility index (Phi) is 8.77. The summed E-state index contributed by atoms with van der Waals surface area (Å²) >= 11 is 0. The highest BCUT2D eigenvalue weighted by Gasteiger charge is 2.45. The summed E-state index contributed by atoms with van der Waals surface area (Å²) in [7, 11) is 0. The van der Waals surface area contributed by atoms with E-state index in [1.807, 2.05) is 77.9 Å². The maximum Gasteiger partial charge on any atom is 0.410 e. The smallest absolute Gasteiger partial charge is 0.410 e. The number of hydrogen-bond donors (Lipinski definition) is 0. The summed E-state index contributed by atoms with van der Waals surface area (Å²) in [4.78, 5) is 33.8. The summed E-state index contributed by atoms with van der Waals surface area (Å²) in [6.07, 6.45) is 2.08. The molecular formula is C37H44N2O4. The Morgan fingerprint density at radius 1 is 0.791 bits per heavy atom. The van der Waals surface area contributed by atoms with Crippen LogP contribution in [0.5, 0.6) is 0 Å². The van der Waals surface area contributed by atoms with Crippen molar-refractivity contribution in [3.05, 3.63) is 101 Å². The molecule has 1 aliphatic carbocycles. The molecule has 0 saturated carbocycles. The largest absolute Gasteiger partial charge is 0.460 e. The molecule has 1 saturated heterocycles. The molecule has 2 unspecified atom stereocenters. The van der Waals surface area contributed by atoms with Crippen LogP contribution in [0.15, 0.2) is 83.9 Å². The average Bonchev–Trinajstić information content (AvgIpc) is 3.60. The molecule has 0 N–H and O–H groups in total. The molecule has 0 aromatic heterocycles. The maximum absolute atomic E-state index is 13.9. The lowest BCUT2D eigenvalue weighted by atomic mass is 9.77. The van der Waals surface area contributed by atoms with E-state index in [0.29, 0.717) is 13.1 Å². The molecule has 5 rings (SSSR count). The lowest BCUT2D eigenvalue weighted by Gasteiger charge is -2.31. The molecule has 1 heterocycles. The summed E-state index contributed by atoms with van der Waals surface area (Å²) in [5, 5.41) is 0. The van der Waals surface area contributed by atoms with Crippen molar-refractivity contribution in [3.63, 3.8) is 0 Å². The monoisotopic (exact) mass is 580 g/mol. The first-order chi connectivity index (χ1) is 20.4. The lowest BCUT2D eigenvalue weighted by Crippen LogP contribution is -2.39. The first-order valence-corrected chi connectivity index (χ1v) is 15.4. The summed E-state index contributed by atoms with van der Waals surface area (Å²) in [5.74, 6) is -0.588. The molecule has 2 aliphatic rings. The number of nitrogens with zero attached hydrogens (tertiary/aromatic N) is 2. The molecule has 3 aromatic rings. The maximum atomic E-state index is 13.9. The van der Waals surface area contributed by atoms with Crippen molar-refractivity contribution in [3.8, 4) is 0 Å². The average molecular weight is 581 g/mol. The van der Waals surface area contributed by atoms with Crippen LogP contribution in [0.25, 0.3) is 0 Å². The predicted octanol–water partition coefficient (Wildman–Crippen LogP) is 8.10. The highest BCUT2D eigenvalue weighted by Crippen LogP contribution is 2.47. The molecule has 1 aliphatic heterocycles. The highest BCUT2D eigenvalue weighted by atomic mass is 16.6. The topological polar surface area (TPSA) is 68.2 Å². The molecular weight excluding hydrogens is 536 g/mol. The Labute approximate surface area is 256 Å². The van der Waals surface area contributed by atoms with Gasteiger partial charge in [0.15, 0.2) is 0 Å². The molecule has 43 heavy (non-hydrogen) atoms. The number of fused-ring (bicyclic) bond motifs is 1. The lowest BCUT2D eigenvalue weighted by molar-refractivity contribution is -0.163. The highest BCUT2D eigenvalue weighted by molar-refractivity contribution is 6.14. The Hall–Kier alpha value is -3.93. The first kappa shape index (κ1) is 30.5. The number of likely N-dealkylation sites (tertiary alicyclic amines) is 1. The van der Waals surface area contributed by atoms with Crippen LogP contribution in [0.4, 0.5) is 10.5 Å². The number of carbonyl (C=O) groups is 2. The van der Waals surface area contributed by atoms with Gasteiger partial charge in [-0.25, -0.2) is 9.79 Å². The van der Waals surface area contributed by atoms with Crippen molar-refractivity contribution in [1.82, 2.24) is 4.90 Å². The van der Waals surface area contributed by atoms with E-state index in [1.54, 1.807) is 4.90 Å². The predicted molar refractivity (Wildman–Crippen MR) is 171 cm³/mol. The van der Waals surface area contributed by atoms with Gasteiger partial charge in [-0.3, -0.25) is 4.79 Å². The van der Waals surface area contributed by atoms with Crippen LogP contribution in [0.2, 0.25) is 0 Å². The van der Waals surface area contributed by atoms with Gasteiger partial charge in [-0.2, -0.15) is 0 Å². The molecule has 1 fully saturated rings. The van der Waals surface area contributed by atoms with Gasteiger partial charge >= 0.3 is 12.1 Å². The summed E-state index contributed by atoms with van der Waals surface area (Å²) < 4.78 is 11.7. The number of benzene rings is 3. The van der Waals surface area contributed by atoms with Gasteiger partial charge in [-0.05, 0) is 89.8 Å². The molecule has 6 heteroatoms. The van der Waals surface area contributed by atoms with Crippen LogP contribution in [0, 0.1) is 11.8 Å². The van der Waals surface area contributed by atoms with Gasteiger partial charge in [0, 0.05) is 24.2 Å². The third kappa shape index (κ3) is 7.35. The van der Waals surface area contributed by atoms with Crippen LogP contribution in [-0.4, -0.2) is 47.0 Å². The van der Waals surface area contributed by atoms with Gasteiger partial charge in [0.25, 0.3) is 0 Å². The molecule has 0 radical (unpaired) electrons. The van der Waals surface area contributed by atoms with E-state index >= 15 is 0 Å². The quantitative estimate of drug-likeness (QED) is 0.218. The summed E-state index contributed by atoms with van der Waals surface area (Å²) in [6.45, 7) is 12.4. The molecule has 1 amide bonds. The second kappa shape index (κ2) is 12.4. The van der Waals surface area contributed by atoms with E-state index in [9.17, 15) is 9.59 Å². The fourth-order valence-corrected chi connectivity index (χ4v) is 6.38. The normalized spacial score (nSPS) is 19.0. The van der Waals surface area contributed by atoms with Crippen LogP contribution >= 0.6 is 0 Å². The van der Waals surface area contributed by atoms with Crippen LogP contribution in [-0.2, 0) is 20.7 Å². The van der Waals surface area contributed by atoms with Crippen molar-refractivity contribution in [1.29, 1.82) is 0 Å². The second-order valence-corrected chi connectivity index (χ2v) is 13.7. The van der Waals surface area contributed by atoms with Crippen LogP contribution in [0.3, 0.4) is 0 Å². The minimum absolute atomic E-state index is 0.0134. The zero-order chi connectivity index (χ0) is 30.8. The number of aliphatic imine (C=N–C) groups is 1. The fourth-order valence-electron chi connectivity index (χ4n) is 6.38. The van der Waals surface area contributed by atoms with Crippen molar-refractivity contribution in [2.75, 3.05) is 13.1 Å². The van der Waals surface area contributed by atoms with Gasteiger partial charge in [0.2, 0.25) is 0 Å². The third-order valence-electron chi connectivity index (χ3n) is 8.12. The Morgan fingerprint density at radius 3 is 1.98 bits per heavy atom. The van der Waals surface area contributed by atoms with Crippen LogP contribution < -0.4 is 0 Å². The zero-order valence-corrected chi connectivity index (χ0v) is 26.3. The summed E-state index contributed by atoms with van der Waals surface area (Å²) in [5.41, 5.74) is 5.14. The van der Waals surface area contributed by atoms with Crippen molar-refractivity contribution in [2.45, 2.75) is 77.9 Å². The fraction of sp³-hybridized carbons (Fsp3) is 0.432. The van der Waals surface area contributed by atoms with E-state index in [-0.39, 0.29) is 29.8 Å². The van der Waals surface area contributed by atoms with E-state index in [4.69, 9.17) is 14.5 Å². The first-order valence-electron chi connectivity index (χ1n) is 15.4. The number of ether oxygens (including phenoxy) is 2. The number of amides is 1. The van der Waals surface area contributed by atoms with Gasteiger partial charge in [0.1, 0.15) is 11.2 Å². The van der Waals surface area contributed by atoms with Crippen LogP contribution in [0.1, 0.15) is 82.6 Å². The Bertz CT molecular complexity index is 1430. The van der Waals surface area contributed by atoms with E-state index in [1.165, 1.54) is 5.56 Å². The number of carbonyl (C=O) groups excluding carboxylic acids is 2.